The van der Waals surface area contributed by atoms with Gasteiger partial charge in [-0.2, -0.15) is 0 Å². The third-order valence-electron chi connectivity index (χ3n) is 3.45. The standard InChI is InChI=1S/C18H19BrO3/c1-18(2,17(20)21)12-22-16-5-3-4-15(10-16)14-8-6-13(11-19)7-9-14/h3-10H,11-12H2,1-2H3,(H,20,21). The maximum Gasteiger partial charge on any atom is 0.312 e. The molecule has 0 unspecified atom stereocenters. The highest BCUT2D eigenvalue weighted by Crippen LogP contribution is 2.26. The fraction of sp³-hybridized carbons (Fsp3) is 0.278. The lowest BCUT2D eigenvalue weighted by molar-refractivity contribution is -0.148. The number of halogens is 1. The highest BCUT2D eigenvalue weighted by molar-refractivity contribution is 9.08. The van der Waals surface area contributed by atoms with Crippen LogP contribution in [0.5, 0.6) is 5.75 Å². The summed E-state index contributed by atoms with van der Waals surface area (Å²) in [6.45, 7) is 3.44. The van der Waals surface area contributed by atoms with E-state index in [0.717, 1.165) is 16.5 Å². The quantitative estimate of drug-likeness (QED) is 0.755. The summed E-state index contributed by atoms with van der Waals surface area (Å²) < 4.78 is 5.65. The van der Waals surface area contributed by atoms with E-state index in [1.807, 2.05) is 24.3 Å². The summed E-state index contributed by atoms with van der Waals surface area (Å²) in [5.74, 6) is -0.189. The van der Waals surface area contributed by atoms with Gasteiger partial charge in [-0.3, -0.25) is 4.79 Å². The number of aliphatic carboxylic acids is 1. The van der Waals surface area contributed by atoms with E-state index in [-0.39, 0.29) is 6.61 Å². The summed E-state index contributed by atoms with van der Waals surface area (Å²) in [5, 5.41) is 9.95. The fourth-order valence-corrected chi connectivity index (χ4v) is 2.25. The Morgan fingerprint density at radius 1 is 1.14 bits per heavy atom. The highest BCUT2D eigenvalue weighted by Gasteiger charge is 2.28. The van der Waals surface area contributed by atoms with Crippen LogP contribution in [0.4, 0.5) is 0 Å². The lowest BCUT2D eigenvalue weighted by Crippen LogP contribution is -2.30. The molecule has 0 saturated heterocycles. The number of carboxylic acid groups (broad SMARTS) is 1. The molecule has 0 aliphatic carbocycles. The molecule has 0 aliphatic rings. The normalized spacial score (nSPS) is 11.2. The Balaban J connectivity index is 2.14. The van der Waals surface area contributed by atoms with Crippen molar-refractivity contribution in [2.45, 2.75) is 19.2 Å². The summed E-state index contributed by atoms with van der Waals surface area (Å²) in [7, 11) is 0. The Bertz CT molecular complexity index is 648. The molecule has 116 valence electrons. The molecule has 0 radical (unpaired) electrons. The summed E-state index contributed by atoms with van der Waals surface area (Å²) in [5.41, 5.74) is 2.46. The molecular formula is C18H19BrO3. The van der Waals surface area contributed by atoms with E-state index in [0.29, 0.717) is 5.75 Å². The van der Waals surface area contributed by atoms with Crippen molar-refractivity contribution in [2.75, 3.05) is 6.61 Å². The lowest BCUT2D eigenvalue weighted by Gasteiger charge is -2.19. The van der Waals surface area contributed by atoms with Gasteiger partial charge in [0.15, 0.2) is 0 Å². The van der Waals surface area contributed by atoms with Gasteiger partial charge in [0, 0.05) is 5.33 Å². The van der Waals surface area contributed by atoms with Crippen molar-refractivity contribution in [1.29, 1.82) is 0 Å². The van der Waals surface area contributed by atoms with E-state index in [4.69, 9.17) is 9.84 Å². The van der Waals surface area contributed by atoms with Crippen molar-refractivity contribution in [3.05, 3.63) is 54.1 Å². The van der Waals surface area contributed by atoms with Gasteiger partial charge in [-0.05, 0) is 42.7 Å². The number of hydrogen-bond acceptors (Lipinski definition) is 2. The topological polar surface area (TPSA) is 46.5 Å². The Morgan fingerprint density at radius 3 is 2.41 bits per heavy atom. The molecular weight excluding hydrogens is 344 g/mol. The number of hydrogen-bond donors (Lipinski definition) is 1. The van der Waals surface area contributed by atoms with E-state index in [1.165, 1.54) is 5.56 Å². The van der Waals surface area contributed by atoms with Crippen molar-refractivity contribution < 1.29 is 14.6 Å². The number of benzene rings is 2. The van der Waals surface area contributed by atoms with Gasteiger partial charge in [-0.15, -0.1) is 0 Å². The van der Waals surface area contributed by atoms with Crippen molar-refractivity contribution in [1.82, 2.24) is 0 Å². The Hall–Kier alpha value is -1.81. The van der Waals surface area contributed by atoms with Gasteiger partial charge < -0.3 is 9.84 Å². The average Bonchev–Trinajstić information content (AvgIpc) is 2.53. The lowest BCUT2D eigenvalue weighted by atomic mass is 9.95. The maximum atomic E-state index is 11.1. The van der Waals surface area contributed by atoms with Crippen LogP contribution in [0, 0.1) is 5.41 Å². The van der Waals surface area contributed by atoms with E-state index >= 15 is 0 Å². The van der Waals surface area contributed by atoms with Crippen LogP contribution in [-0.4, -0.2) is 17.7 Å². The van der Waals surface area contributed by atoms with E-state index in [2.05, 4.69) is 40.2 Å². The molecule has 3 nitrogen and oxygen atoms in total. The van der Waals surface area contributed by atoms with E-state index in [9.17, 15) is 4.79 Å². The van der Waals surface area contributed by atoms with Gasteiger partial charge in [0.05, 0.1) is 5.41 Å². The van der Waals surface area contributed by atoms with Crippen LogP contribution in [0.25, 0.3) is 11.1 Å². The first-order chi connectivity index (χ1) is 10.4. The zero-order valence-corrected chi connectivity index (χ0v) is 14.3. The zero-order valence-electron chi connectivity index (χ0n) is 12.7. The van der Waals surface area contributed by atoms with Crippen LogP contribution in [0.15, 0.2) is 48.5 Å². The maximum absolute atomic E-state index is 11.1. The number of carboxylic acids is 1. The summed E-state index contributed by atoms with van der Waals surface area (Å²) in [6.07, 6.45) is 0. The molecule has 0 aromatic heterocycles. The molecule has 0 atom stereocenters. The molecule has 0 saturated carbocycles. The third kappa shape index (κ3) is 4.10. The van der Waals surface area contributed by atoms with Crippen LogP contribution in [-0.2, 0) is 10.1 Å². The Kier molecular flexibility index (Phi) is 5.24. The van der Waals surface area contributed by atoms with Crippen LogP contribution in [0.3, 0.4) is 0 Å². The molecule has 0 fully saturated rings. The van der Waals surface area contributed by atoms with Crippen molar-refractivity contribution in [3.8, 4) is 16.9 Å². The SMILES string of the molecule is CC(C)(COc1cccc(-c2ccc(CBr)cc2)c1)C(=O)O. The average molecular weight is 363 g/mol. The first kappa shape index (κ1) is 16.6. The Labute approximate surface area is 139 Å². The summed E-state index contributed by atoms with van der Waals surface area (Å²) >= 11 is 3.43. The minimum absolute atomic E-state index is 0.133. The highest BCUT2D eigenvalue weighted by atomic mass is 79.9. The molecule has 1 N–H and O–H groups in total. The minimum atomic E-state index is -0.909. The molecule has 4 heteroatoms. The molecule has 2 aromatic carbocycles. The summed E-state index contributed by atoms with van der Waals surface area (Å²) in [6, 6.07) is 16.0. The molecule has 2 aromatic rings. The fourth-order valence-electron chi connectivity index (χ4n) is 1.88. The van der Waals surface area contributed by atoms with E-state index < -0.39 is 11.4 Å². The number of ether oxygens (including phenoxy) is 1. The molecule has 0 aliphatic heterocycles. The van der Waals surface area contributed by atoms with Crippen LogP contribution >= 0.6 is 15.9 Å². The van der Waals surface area contributed by atoms with Gasteiger partial charge in [0.1, 0.15) is 12.4 Å². The van der Waals surface area contributed by atoms with Crippen molar-refractivity contribution in [2.24, 2.45) is 5.41 Å². The second kappa shape index (κ2) is 6.97. The third-order valence-corrected chi connectivity index (χ3v) is 4.10. The van der Waals surface area contributed by atoms with Gasteiger partial charge in [0.25, 0.3) is 0 Å². The molecule has 0 bridgehead atoms. The molecule has 2 rings (SSSR count). The molecule has 0 amide bonds. The number of alkyl halides is 1. The van der Waals surface area contributed by atoms with Crippen molar-refractivity contribution >= 4 is 21.9 Å². The monoisotopic (exact) mass is 362 g/mol. The van der Waals surface area contributed by atoms with Crippen LogP contribution < -0.4 is 4.74 Å². The Morgan fingerprint density at radius 2 is 1.82 bits per heavy atom. The largest absolute Gasteiger partial charge is 0.492 e. The summed E-state index contributed by atoms with van der Waals surface area (Å²) in [4.78, 5) is 11.1. The predicted molar refractivity (Wildman–Crippen MR) is 91.4 cm³/mol. The second-order valence-corrected chi connectivity index (χ2v) is 6.40. The molecule has 0 spiro atoms. The number of rotatable bonds is 6. The van der Waals surface area contributed by atoms with Gasteiger partial charge in [-0.1, -0.05) is 52.3 Å². The van der Waals surface area contributed by atoms with Gasteiger partial charge >= 0.3 is 5.97 Å². The van der Waals surface area contributed by atoms with Gasteiger partial charge in [0.2, 0.25) is 0 Å². The molecule has 0 heterocycles. The van der Waals surface area contributed by atoms with Crippen LogP contribution in [0.1, 0.15) is 19.4 Å². The zero-order chi connectivity index (χ0) is 16.2. The molecule has 22 heavy (non-hydrogen) atoms. The number of carbonyl (C=O) groups is 1. The van der Waals surface area contributed by atoms with Crippen LogP contribution in [0.2, 0.25) is 0 Å². The van der Waals surface area contributed by atoms with E-state index in [1.54, 1.807) is 13.8 Å². The first-order valence-electron chi connectivity index (χ1n) is 7.04. The minimum Gasteiger partial charge on any atom is -0.492 e. The second-order valence-electron chi connectivity index (χ2n) is 5.84. The van der Waals surface area contributed by atoms with Gasteiger partial charge in [-0.25, -0.2) is 0 Å². The predicted octanol–water partition coefficient (Wildman–Crippen LogP) is 4.74. The first-order valence-corrected chi connectivity index (χ1v) is 8.16. The van der Waals surface area contributed by atoms with Crippen molar-refractivity contribution in [3.63, 3.8) is 0 Å². The smallest absolute Gasteiger partial charge is 0.312 e.